The van der Waals surface area contributed by atoms with E-state index in [1.165, 1.54) is 6.92 Å². The van der Waals surface area contributed by atoms with Crippen LogP contribution in [-0.2, 0) is 20.7 Å². The van der Waals surface area contributed by atoms with Gasteiger partial charge < -0.3 is 10.1 Å². The van der Waals surface area contributed by atoms with E-state index in [4.69, 9.17) is 51.1 Å². The number of nitrogens with one attached hydrogen (secondary N) is 1. The van der Waals surface area contributed by atoms with Crippen molar-refractivity contribution in [1.82, 2.24) is 4.90 Å². The molecule has 0 aromatic heterocycles. The first-order valence-corrected chi connectivity index (χ1v) is 10.9. The van der Waals surface area contributed by atoms with E-state index < -0.39 is 36.3 Å². The van der Waals surface area contributed by atoms with Crippen LogP contribution in [0.5, 0.6) is 0 Å². The highest BCUT2D eigenvalue weighted by Gasteiger charge is 2.45. The van der Waals surface area contributed by atoms with Crippen molar-refractivity contribution in [2.45, 2.75) is 26.3 Å². The van der Waals surface area contributed by atoms with Crippen molar-refractivity contribution in [1.29, 1.82) is 0 Å². The molecule has 0 saturated heterocycles. The van der Waals surface area contributed by atoms with Crippen LogP contribution in [0.3, 0.4) is 0 Å². The number of imide groups is 1. The van der Waals surface area contributed by atoms with E-state index in [9.17, 15) is 19.2 Å². The second-order valence-electron chi connectivity index (χ2n) is 6.87. The van der Waals surface area contributed by atoms with E-state index in [2.05, 4.69) is 5.32 Å². The summed E-state index contributed by atoms with van der Waals surface area (Å²) in [6, 6.07) is 5.82. The van der Waals surface area contributed by atoms with Gasteiger partial charge >= 0.3 is 5.97 Å². The third-order valence-corrected chi connectivity index (χ3v) is 6.65. The molecule has 32 heavy (non-hydrogen) atoms. The first kappa shape index (κ1) is 24.3. The molecule has 1 aliphatic rings. The molecule has 11 heteroatoms. The summed E-state index contributed by atoms with van der Waals surface area (Å²) in [6.07, 6.45) is 0.858. The minimum absolute atomic E-state index is 0.182. The number of nitrogens with zero attached hydrogens (tertiary/aromatic N) is 1. The Hall–Kier alpha value is -2.32. The second kappa shape index (κ2) is 9.67. The summed E-state index contributed by atoms with van der Waals surface area (Å²) in [5.41, 5.74) is 1.15. The van der Waals surface area contributed by atoms with Crippen molar-refractivity contribution < 1.29 is 23.9 Å². The molecule has 2 aromatic carbocycles. The molecule has 0 saturated carbocycles. The predicted molar refractivity (Wildman–Crippen MR) is 122 cm³/mol. The van der Waals surface area contributed by atoms with Crippen LogP contribution in [0.25, 0.3) is 0 Å². The van der Waals surface area contributed by atoms with Gasteiger partial charge in [0.1, 0.15) is 6.04 Å². The van der Waals surface area contributed by atoms with Crippen LogP contribution in [0.2, 0.25) is 20.1 Å². The number of carbonyl (C=O) groups excluding carboxylic acids is 4. The molecule has 3 amide bonds. The number of anilines is 1. The summed E-state index contributed by atoms with van der Waals surface area (Å²) in [7, 11) is 0. The van der Waals surface area contributed by atoms with Crippen LogP contribution in [0.1, 0.15) is 40.1 Å². The number of carbonyl (C=O) groups is 4. The Morgan fingerprint density at radius 3 is 1.91 bits per heavy atom. The van der Waals surface area contributed by atoms with Gasteiger partial charge in [-0.2, -0.15) is 0 Å². The van der Waals surface area contributed by atoms with Crippen molar-refractivity contribution >= 4 is 75.8 Å². The van der Waals surface area contributed by atoms with Gasteiger partial charge in [0.25, 0.3) is 17.7 Å². The number of rotatable bonds is 6. The van der Waals surface area contributed by atoms with E-state index >= 15 is 0 Å². The Labute approximate surface area is 203 Å². The minimum Gasteiger partial charge on any atom is -0.454 e. The zero-order chi connectivity index (χ0) is 23.7. The zero-order valence-corrected chi connectivity index (χ0v) is 19.8. The largest absolute Gasteiger partial charge is 0.454 e. The van der Waals surface area contributed by atoms with Crippen molar-refractivity contribution in [3.8, 4) is 0 Å². The number of amides is 3. The highest BCUT2D eigenvalue weighted by atomic mass is 35.5. The monoisotopic (exact) mass is 516 g/mol. The molecule has 168 valence electrons. The molecule has 3 rings (SSSR count). The molecular weight excluding hydrogens is 502 g/mol. The number of ether oxygens (including phenoxy) is 1. The van der Waals surface area contributed by atoms with Gasteiger partial charge in [0.05, 0.1) is 31.2 Å². The standard InChI is InChI=1S/C21H16Cl4N2O5/c1-3-10-4-6-11(7-5-10)26-12(28)8-32-21(31)9(2)27-19(29)13-14(20(27)30)16(23)18(25)17(24)15(13)22/h4-7,9H,3,8H2,1-2H3,(H,26,28)/t9-/m0/s1. The molecule has 1 heterocycles. The Morgan fingerprint density at radius 1 is 0.938 bits per heavy atom. The smallest absolute Gasteiger partial charge is 0.329 e. The molecule has 0 aliphatic carbocycles. The summed E-state index contributed by atoms with van der Waals surface area (Å²) < 4.78 is 4.98. The van der Waals surface area contributed by atoms with Gasteiger partial charge in [0.15, 0.2) is 6.61 Å². The summed E-state index contributed by atoms with van der Waals surface area (Å²) in [6.45, 7) is 2.67. The van der Waals surface area contributed by atoms with E-state index in [-0.39, 0.29) is 31.2 Å². The third kappa shape index (κ3) is 4.43. The summed E-state index contributed by atoms with van der Waals surface area (Å²) in [4.78, 5) is 50.8. The summed E-state index contributed by atoms with van der Waals surface area (Å²) >= 11 is 24.1. The van der Waals surface area contributed by atoms with E-state index in [0.29, 0.717) is 10.6 Å². The van der Waals surface area contributed by atoms with Crippen molar-refractivity contribution in [2.24, 2.45) is 0 Å². The molecular formula is C21H16Cl4N2O5. The van der Waals surface area contributed by atoms with Gasteiger partial charge in [0.2, 0.25) is 0 Å². The van der Waals surface area contributed by atoms with Gasteiger partial charge in [-0.3, -0.25) is 19.3 Å². The van der Waals surface area contributed by atoms with Crippen molar-refractivity contribution in [3.05, 3.63) is 61.0 Å². The van der Waals surface area contributed by atoms with Gasteiger partial charge in [-0.25, -0.2) is 4.79 Å². The molecule has 1 N–H and O–H groups in total. The fraction of sp³-hybridized carbons (Fsp3) is 0.238. The van der Waals surface area contributed by atoms with Gasteiger partial charge in [-0.15, -0.1) is 0 Å². The fourth-order valence-electron chi connectivity index (χ4n) is 3.10. The number of hydrogen-bond donors (Lipinski definition) is 1. The number of esters is 1. The average molecular weight is 518 g/mol. The predicted octanol–water partition coefficient (Wildman–Crippen LogP) is 5.03. The maximum absolute atomic E-state index is 12.8. The van der Waals surface area contributed by atoms with E-state index in [1.54, 1.807) is 12.1 Å². The Bertz CT molecular complexity index is 1090. The maximum atomic E-state index is 12.8. The number of benzene rings is 2. The molecule has 7 nitrogen and oxygen atoms in total. The second-order valence-corrected chi connectivity index (χ2v) is 8.38. The maximum Gasteiger partial charge on any atom is 0.329 e. The van der Waals surface area contributed by atoms with Crippen LogP contribution in [-0.4, -0.2) is 41.2 Å². The first-order valence-electron chi connectivity index (χ1n) is 9.37. The molecule has 2 aromatic rings. The lowest BCUT2D eigenvalue weighted by atomic mass is 10.1. The van der Waals surface area contributed by atoms with Crippen LogP contribution < -0.4 is 5.32 Å². The van der Waals surface area contributed by atoms with Crippen molar-refractivity contribution in [2.75, 3.05) is 11.9 Å². The molecule has 0 radical (unpaired) electrons. The number of hydrogen-bond acceptors (Lipinski definition) is 5. The average Bonchev–Trinajstić information content (AvgIpc) is 3.04. The van der Waals surface area contributed by atoms with E-state index in [1.807, 2.05) is 19.1 Å². The Morgan fingerprint density at radius 2 is 1.44 bits per heavy atom. The van der Waals surface area contributed by atoms with Crippen LogP contribution in [0, 0.1) is 0 Å². The molecule has 0 fully saturated rings. The summed E-state index contributed by atoms with van der Waals surface area (Å²) in [5.74, 6) is -3.30. The quantitative estimate of drug-likeness (QED) is 0.251. The molecule has 0 spiro atoms. The lowest BCUT2D eigenvalue weighted by Crippen LogP contribution is -2.44. The minimum atomic E-state index is -1.36. The number of fused-ring (bicyclic) bond motifs is 1. The lowest BCUT2D eigenvalue weighted by Gasteiger charge is -2.20. The number of halogens is 4. The van der Waals surface area contributed by atoms with Crippen molar-refractivity contribution in [3.63, 3.8) is 0 Å². The molecule has 0 unspecified atom stereocenters. The lowest BCUT2D eigenvalue weighted by molar-refractivity contribution is -0.150. The Kier molecular flexibility index (Phi) is 7.35. The zero-order valence-electron chi connectivity index (χ0n) is 16.8. The van der Waals surface area contributed by atoms with Crippen LogP contribution in [0.15, 0.2) is 24.3 Å². The summed E-state index contributed by atoms with van der Waals surface area (Å²) in [5, 5.41) is 1.74. The fourth-order valence-corrected chi connectivity index (χ4v) is 4.12. The van der Waals surface area contributed by atoms with Crippen LogP contribution in [0.4, 0.5) is 5.69 Å². The van der Waals surface area contributed by atoms with Gasteiger partial charge in [0, 0.05) is 5.69 Å². The topological polar surface area (TPSA) is 92.8 Å². The van der Waals surface area contributed by atoms with Crippen LogP contribution >= 0.6 is 46.4 Å². The molecule has 1 aliphatic heterocycles. The Balaban J connectivity index is 1.68. The SMILES string of the molecule is CCc1ccc(NC(=O)COC(=O)[C@H](C)N2C(=O)c3c(Cl)c(Cl)c(Cl)c(Cl)c3C2=O)cc1. The third-order valence-electron chi connectivity index (χ3n) is 4.85. The highest BCUT2D eigenvalue weighted by molar-refractivity contribution is 6.55. The van der Waals surface area contributed by atoms with Gasteiger partial charge in [-0.1, -0.05) is 65.5 Å². The first-order chi connectivity index (χ1) is 15.1. The van der Waals surface area contributed by atoms with E-state index in [0.717, 1.165) is 12.0 Å². The molecule has 1 atom stereocenters. The van der Waals surface area contributed by atoms with Gasteiger partial charge in [-0.05, 0) is 31.0 Å². The number of aryl methyl sites for hydroxylation is 1. The highest BCUT2D eigenvalue weighted by Crippen LogP contribution is 2.45. The normalized spacial score (nSPS) is 13.8. The molecule has 0 bridgehead atoms.